The zero-order valence-electron chi connectivity index (χ0n) is 15.7. The van der Waals surface area contributed by atoms with Gasteiger partial charge in [-0.2, -0.15) is 4.98 Å². The molecule has 0 fully saturated rings. The Hall–Kier alpha value is -3.48. The minimum Gasteiger partial charge on any atom is -0.497 e. The maximum Gasteiger partial charge on any atom is 0.249 e. The van der Waals surface area contributed by atoms with Gasteiger partial charge in [0.2, 0.25) is 17.6 Å². The van der Waals surface area contributed by atoms with Gasteiger partial charge in [-0.15, -0.1) is 0 Å². The fraction of sp³-hybridized carbons (Fsp3) is 0.238. The highest BCUT2D eigenvalue weighted by Gasteiger charge is 2.18. The summed E-state index contributed by atoms with van der Waals surface area (Å²) in [4.78, 5) is 28.6. The predicted octanol–water partition coefficient (Wildman–Crippen LogP) is 3.59. The molecule has 7 nitrogen and oxygen atoms in total. The molecule has 7 heteroatoms. The van der Waals surface area contributed by atoms with Gasteiger partial charge in [-0.3, -0.25) is 9.59 Å². The predicted molar refractivity (Wildman–Crippen MR) is 103 cm³/mol. The van der Waals surface area contributed by atoms with E-state index in [2.05, 4.69) is 15.5 Å². The average Bonchev–Trinajstić information content (AvgIpc) is 3.23. The van der Waals surface area contributed by atoms with Gasteiger partial charge in [-0.05, 0) is 31.2 Å². The summed E-state index contributed by atoms with van der Waals surface area (Å²) < 4.78 is 10.4. The van der Waals surface area contributed by atoms with Gasteiger partial charge in [0.05, 0.1) is 7.11 Å². The van der Waals surface area contributed by atoms with Crippen molar-refractivity contribution in [2.45, 2.75) is 25.8 Å². The Labute approximate surface area is 162 Å². The van der Waals surface area contributed by atoms with Gasteiger partial charge < -0.3 is 14.6 Å². The van der Waals surface area contributed by atoms with Crippen LogP contribution >= 0.6 is 0 Å². The zero-order chi connectivity index (χ0) is 19.9. The summed E-state index contributed by atoms with van der Waals surface area (Å²) in [5.41, 5.74) is 1.38. The van der Waals surface area contributed by atoms with Crippen LogP contribution < -0.4 is 10.1 Å². The highest BCUT2D eigenvalue weighted by Crippen LogP contribution is 2.21. The largest absolute Gasteiger partial charge is 0.497 e. The van der Waals surface area contributed by atoms with Gasteiger partial charge in [0, 0.05) is 24.0 Å². The van der Waals surface area contributed by atoms with Crippen molar-refractivity contribution in [3.05, 3.63) is 66.1 Å². The lowest BCUT2D eigenvalue weighted by Gasteiger charge is -2.09. The Balaban J connectivity index is 1.54. The lowest BCUT2D eigenvalue weighted by molar-refractivity contribution is -0.121. The molecule has 2 aromatic carbocycles. The van der Waals surface area contributed by atoms with E-state index in [1.54, 1.807) is 50.4 Å². The third kappa shape index (κ3) is 4.82. The average molecular weight is 379 g/mol. The van der Waals surface area contributed by atoms with Crippen LogP contribution in [0.5, 0.6) is 5.75 Å². The Kier molecular flexibility index (Phi) is 6.16. The molecule has 0 unspecified atom stereocenters. The molecule has 0 aliphatic heterocycles. The molecule has 0 saturated carbocycles. The van der Waals surface area contributed by atoms with Gasteiger partial charge in [0.15, 0.2) is 5.78 Å². The fourth-order valence-electron chi connectivity index (χ4n) is 2.64. The second-order valence-electron chi connectivity index (χ2n) is 6.26. The highest BCUT2D eigenvalue weighted by molar-refractivity contribution is 5.97. The Morgan fingerprint density at radius 2 is 1.79 bits per heavy atom. The molecule has 3 aromatic rings. The molecule has 0 bridgehead atoms. The van der Waals surface area contributed by atoms with Crippen LogP contribution in [0.4, 0.5) is 0 Å². The molecule has 1 atom stereocenters. The number of Topliss-reactive ketones (excluding diaryl/α,β-unsaturated/α-hetero) is 1. The quantitative estimate of drug-likeness (QED) is 0.601. The molecule has 3 rings (SSSR count). The maximum absolute atomic E-state index is 12.1. The van der Waals surface area contributed by atoms with Crippen LogP contribution in [-0.2, 0) is 4.79 Å². The van der Waals surface area contributed by atoms with Crippen LogP contribution in [0, 0.1) is 0 Å². The first-order chi connectivity index (χ1) is 13.6. The molecule has 0 radical (unpaired) electrons. The van der Waals surface area contributed by atoms with Crippen molar-refractivity contribution >= 4 is 11.7 Å². The van der Waals surface area contributed by atoms with E-state index in [0.717, 1.165) is 11.3 Å². The van der Waals surface area contributed by atoms with Crippen molar-refractivity contribution in [3.63, 3.8) is 0 Å². The fourth-order valence-corrected chi connectivity index (χ4v) is 2.64. The van der Waals surface area contributed by atoms with Crippen LogP contribution in [0.3, 0.4) is 0 Å². The number of nitrogens with one attached hydrogen (secondary N) is 1. The van der Waals surface area contributed by atoms with Crippen molar-refractivity contribution in [1.29, 1.82) is 0 Å². The third-order valence-corrected chi connectivity index (χ3v) is 4.21. The molecular weight excluding hydrogens is 358 g/mol. The molecule has 1 N–H and O–H groups in total. The van der Waals surface area contributed by atoms with E-state index in [0.29, 0.717) is 17.3 Å². The van der Waals surface area contributed by atoms with E-state index < -0.39 is 6.04 Å². The summed E-state index contributed by atoms with van der Waals surface area (Å²) in [6.07, 6.45) is 0.237. The Morgan fingerprint density at radius 3 is 2.46 bits per heavy atom. The Bertz CT molecular complexity index is 936. The Morgan fingerprint density at radius 1 is 1.07 bits per heavy atom. The first kappa shape index (κ1) is 19.3. The number of carbonyl (C=O) groups is 2. The molecule has 1 amide bonds. The molecule has 1 heterocycles. The molecule has 0 aliphatic carbocycles. The van der Waals surface area contributed by atoms with Crippen LogP contribution in [0.1, 0.15) is 42.1 Å². The van der Waals surface area contributed by atoms with Crippen LogP contribution in [0.25, 0.3) is 11.4 Å². The summed E-state index contributed by atoms with van der Waals surface area (Å²) in [5.74, 6) is 1.15. The summed E-state index contributed by atoms with van der Waals surface area (Å²) in [5, 5.41) is 6.73. The smallest absolute Gasteiger partial charge is 0.249 e. The van der Waals surface area contributed by atoms with E-state index in [1.807, 2.05) is 18.2 Å². The van der Waals surface area contributed by atoms with Gasteiger partial charge >= 0.3 is 0 Å². The number of ether oxygens (including phenoxy) is 1. The number of hydrogen-bond donors (Lipinski definition) is 1. The van der Waals surface area contributed by atoms with Gasteiger partial charge in [0.25, 0.3) is 0 Å². The van der Waals surface area contributed by atoms with Gasteiger partial charge in [-0.25, -0.2) is 0 Å². The molecule has 28 heavy (non-hydrogen) atoms. The van der Waals surface area contributed by atoms with Gasteiger partial charge in [0.1, 0.15) is 11.8 Å². The highest BCUT2D eigenvalue weighted by atomic mass is 16.5. The van der Waals surface area contributed by atoms with Crippen LogP contribution in [0.2, 0.25) is 0 Å². The number of benzene rings is 2. The van der Waals surface area contributed by atoms with Crippen molar-refractivity contribution in [2.75, 3.05) is 7.11 Å². The van der Waals surface area contributed by atoms with Crippen LogP contribution in [0.15, 0.2) is 59.1 Å². The summed E-state index contributed by atoms with van der Waals surface area (Å²) in [6.45, 7) is 1.75. The number of ketones is 1. The number of hydrogen-bond acceptors (Lipinski definition) is 6. The van der Waals surface area contributed by atoms with Crippen LogP contribution in [-0.4, -0.2) is 28.9 Å². The SMILES string of the molecule is COc1ccc(-c2noc([C@H](C)NC(=O)CCC(=O)c3ccccc3)n2)cc1. The van der Waals surface area contributed by atoms with Crippen molar-refractivity contribution in [1.82, 2.24) is 15.5 Å². The van der Waals surface area contributed by atoms with Crippen molar-refractivity contribution in [3.8, 4) is 17.1 Å². The lowest BCUT2D eigenvalue weighted by atomic mass is 10.1. The minimum absolute atomic E-state index is 0.0667. The summed E-state index contributed by atoms with van der Waals surface area (Å²) >= 11 is 0. The van der Waals surface area contributed by atoms with E-state index in [4.69, 9.17) is 9.26 Å². The first-order valence-corrected chi connectivity index (χ1v) is 8.92. The summed E-state index contributed by atoms with van der Waals surface area (Å²) in [7, 11) is 1.60. The molecular formula is C21H21N3O4. The first-order valence-electron chi connectivity index (χ1n) is 8.92. The number of carbonyl (C=O) groups excluding carboxylic acids is 2. The number of rotatable bonds is 8. The number of nitrogens with zero attached hydrogens (tertiary/aromatic N) is 2. The van der Waals surface area contributed by atoms with E-state index in [9.17, 15) is 9.59 Å². The van der Waals surface area contributed by atoms with Gasteiger partial charge in [-0.1, -0.05) is 35.5 Å². The standard InChI is InChI=1S/C21H21N3O4/c1-14(22-19(26)13-12-18(25)15-6-4-3-5-7-15)21-23-20(24-28-21)16-8-10-17(27-2)11-9-16/h3-11,14H,12-13H2,1-2H3,(H,22,26)/t14-/m0/s1. The second-order valence-corrected chi connectivity index (χ2v) is 6.26. The summed E-state index contributed by atoms with van der Waals surface area (Å²) in [6, 6.07) is 15.7. The molecule has 0 spiro atoms. The monoisotopic (exact) mass is 379 g/mol. The normalized spacial score (nSPS) is 11.6. The number of aromatic nitrogens is 2. The topological polar surface area (TPSA) is 94.3 Å². The zero-order valence-corrected chi connectivity index (χ0v) is 15.7. The number of methoxy groups -OCH3 is 1. The molecule has 0 aliphatic rings. The van der Waals surface area contributed by atoms with Crippen molar-refractivity contribution < 1.29 is 18.8 Å². The van der Waals surface area contributed by atoms with Crippen molar-refractivity contribution in [2.24, 2.45) is 0 Å². The second kappa shape index (κ2) is 8.94. The number of amides is 1. The van der Waals surface area contributed by atoms with E-state index >= 15 is 0 Å². The molecule has 0 saturated heterocycles. The lowest BCUT2D eigenvalue weighted by Crippen LogP contribution is -2.27. The van der Waals surface area contributed by atoms with E-state index in [1.165, 1.54) is 0 Å². The minimum atomic E-state index is -0.459. The molecule has 1 aromatic heterocycles. The maximum atomic E-state index is 12.1. The molecule has 144 valence electrons. The third-order valence-electron chi connectivity index (χ3n) is 4.21. The van der Waals surface area contributed by atoms with E-state index in [-0.39, 0.29) is 24.5 Å².